The first-order valence-corrected chi connectivity index (χ1v) is 8.17. The number of amides is 3. The number of rotatable bonds is 2. The molecule has 3 heterocycles. The molecule has 0 bridgehead atoms. The number of carbonyl (C=O) groups is 2. The summed E-state index contributed by atoms with van der Waals surface area (Å²) in [6.07, 6.45) is 2.59. The van der Waals surface area contributed by atoms with Gasteiger partial charge in [-0.1, -0.05) is 11.6 Å². The minimum atomic E-state index is -0.197. The molecule has 2 atom stereocenters. The lowest BCUT2D eigenvalue weighted by atomic mass is 10.2. The Balaban J connectivity index is 1.50. The van der Waals surface area contributed by atoms with Gasteiger partial charge in [0.15, 0.2) is 0 Å². The number of nitrogens with zero attached hydrogens (tertiary/aromatic N) is 3. The first-order chi connectivity index (χ1) is 10.6. The quantitative estimate of drug-likeness (QED) is 0.786. The van der Waals surface area contributed by atoms with Crippen molar-refractivity contribution in [1.82, 2.24) is 9.80 Å². The highest BCUT2D eigenvalue weighted by atomic mass is 35.5. The van der Waals surface area contributed by atoms with Crippen molar-refractivity contribution in [3.63, 3.8) is 0 Å². The van der Waals surface area contributed by atoms with E-state index < -0.39 is 0 Å². The number of carbonyl (C=O) groups excluding carboxylic acids is 2. The van der Waals surface area contributed by atoms with E-state index in [1.807, 2.05) is 24.3 Å². The SMILES string of the molecule is O=C1[C@H]2CCCN2C(=O)N1C1CCN(c2ccc(Cl)cc2)C1. The summed E-state index contributed by atoms with van der Waals surface area (Å²) in [7, 11) is 0. The summed E-state index contributed by atoms with van der Waals surface area (Å²) in [5, 5.41) is 0.713. The molecule has 3 amide bonds. The molecule has 1 aromatic carbocycles. The number of hydrogen-bond acceptors (Lipinski definition) is 3. The highest BCUT2D eigenvalue weighted by molar-refractivity contribution is 6.30. The Morgan fingerprint density at radius 3 is 2.55 bits per heavy atom. The molecule has 0 N–H and O–H groups in total. The number of fused-ring (bicyclic) bond motifs is 1. The van der Waals surface area contributed by atoms with Crippen LogP contribution < -0.4 is 4.90 Å². The molecule has 3 aliphatic rings. The van der Waals surface area contributed by atoms with Gasteiger partial charge in [-0.25, -0.2) is 4.79 Å². The number of hydrogen-bond donors (Lipinski definition) is 0. The molecule has 6 heteroatoms. The van der Waals surface area contributed by atoms with Gasteiger partial charge in [0.05, 0.1) is 6.04 Å². The molecule has 0 saturated carbocycles. The number of halogens is 1. The highest BCUT2D eigenvalue weighted by Gasteiger charge is 2.50. The average molecular weight is 320 g/mol. The Kier molecular flexibility index (Phi) is 3.26. The monoisotopic (exact) mass is 319 g/mol. The Hall–Kier alpha value is -1.75. The van der Waals surface area contributed by atoms with E-state index in [1.165, 1.54) is 4.90 Å². The van der Waals surface area contributed by atoms with Gasteiger partial charge in [0.25, 0.3) is 5.91 Å². The molecule has 22 heavy (non-hydrogen) atoms. The van der Waals surface area contributed by atoms with Gasteiger partial charge in [0.2, 0.25) is 0 Å². The second kappa shape index (κ2) is 5.16. The summed E-state index contributed by atoms with van der Waals surface area (Å²) in [5.74, 6) is 0.00505. The van der Waals surface area contributed by atoms with Crippen molar-refractivity contribution in [2.24, 2.45) is 0 Å². The first kappa shape index (κ1) is 13.9. The van der Waals surface area contributed by atoms with E-state index in [0.29, 0.717) is 11.6 Å². The van der Waals surface area contributed by atoms with Gasteiger partial charge in [-0.3, -0.25) is 9.69 Å². The van der Waals surface area contributed by atoms with E-state index in [1.54, 1.807) is 4.90 Å². The number of benzene rings is 1. The summed E-state index contributed by atoms with van der Waals surface area (Å²) < 4.78 is 0. The molecule has 0 spiro atoms. The van der Waals surface area contributed by atoms with Crippen LogP contribution >= 0.6 is 11.6 Å². The summed E-state index contributed by atoms with van der Waals surface area (Å²) in [4.78, 5) is 30.4. The first-order valence-electron chi connectivity index (χ1n) is 7.79. The zero-order valence-electron chi connectivity index (χ0n) is 12.2. The number of urea groups is 1. The minimum Gasteiger partial charge on any atom is -0.369 e. The van der Waals surface area contributed by atoms with Crippen LogP contribution in [0.3, 0.4) is 0 Å². The fourth-order valence-corrected chi connectivity index (χ4v) is 3.95. The molecule has 3 fully saturated rings. The standard InChI is InChI=1S/C16H18ClN3O2/c17-11-3-5-12(6-4-11)18-9-7-13(10-18)20-15(21)14-2-1-8-19(14)16(20)22/h3-6,13-14H,1-2,7-10H2/t13?,14-/m1/s1. The van der Waals surface area contributed by atoms with E-state index in [0.717, 1.165) is 38.0 Å². The lowest BCUT2D eigenvalue weighted by Crippen LogP contribution is -2.43. The predicted octanol–water partition coefficient (Wildman–Crippen LogP) is 2.35. The van der Waals surface area contributed by atoms with Gasteiger partial charge < -0.3 is 9.80 Å². The Labute approximate surface area is 134 Å². The summed E-state index contributed by atoms with van der Waals surface area (Å²) in [6.45, 7) is 2.28. The summed E-state index contributed by atoms with van der Waals surface area (Å²) in [5.41, 5.74) is 1.09. The topological polar surface area (TPSA) is 43.9 Å². The van der Waals surface area contributed by atoms with E-state index in [2.05, 4.69) is 4.90 Å². The zero-order valence-corrected chi connectivity index (χ0v) is 13.0. The minimum absolute atomic E-state index is 0.00505. The fraction of sp³-hybridized carbons (Fsp3) is 0.500. The van der Waals surface area contributed by atoms with Crippen LogP contribution in [-0.4, -0.2) is 53.5 Å². The van der Waals surface area contributed by atoms with Crippen LogP contribution in [0, 0.1) is 0 Å². The van der Waals surface area contributed by atoms with Gasteiger partial charge in [-0.2, -0.15) is 0 Å². The van der Waals surface area contributed by atoms with Crippen LogP contribution in [0.5, 0.6) is 0 Å². The van der Waals surface area contributed by atoms with Crippen LogP contribution in [0.15, 0.2) is 24.3 Å². The molecule has 5 nitrogen and oxygen atoms in total. The van der Waals surface area contributed by atoms with Crippen molar-refractivity contribution < 1.29 is 9.59 Å². The van der Waals surface area contributed by atoms with Crippen LogP contribution in [0.4, 0.5) is 10.5 Å². The van der Waals surface area contributed by atoms with Crippen LogP contribution in [0.1, 0.15) is 19.3 Å². The van der Waals surface area contributed by atoms with Crippen LogP contribution in [0.25, 0.3) is 0 Å². The Bertz CT molecular complexity index is 596. The van der Waals surface area contributed by atoms with Crippen molar-refractivity contribution in [2.45, 2.75) is 31.3 Å². The third kappa shape index (κ3) is 2.07. The number of imide groups is 1. The molecule has 1 unspecified atom stereocenters. The maximum absolute atomic E-state index is 12.5. The van der Waals surface area contributed by atoms with Crippen molar-refractivity contribution >= 4 is 29.2 Å². The molecular formula is C16H18ClN3O2. The van der Waals surface area contributed by atoms with Gasteiger partial charge in [-0.05, 0) is 43.5 Å². The van der Waals surface area contributed by atoms with Gasteiger partial charge >= 0.3 is 6.03 Å². The molecule has 4 rings (SSSR count). The van der Waals surface area contributed by atoms with Gasteiger partial charge in [-0.15, -0.1) is 0 Å². The molecule has 0 aromatic heterocycles. The third-order valence-corrected chi connectivity index (χ3v) is 5.20. The van der Waals surface area contributed by atoms with Crippen molar-refractivity contribution in [3.05, 3.63) is 29.3 Å². The van der Waals surface area contributed by atoms with Crippen molar-refractivity contribution in [1.29, 1.82) is 0 Å². The molecule has 3 aliphatic heterocycles. The van der Waals surface area contributed by atoms with Crippen LogP contribution in [0.2, 0.25) is 5.02 Å². The summed E-state index contributed by atoms with van der Waals surface area (Å²) >= 11 is 5.92. The van der Waals surface area contributed by atoms with Gasteiger partial charge in [0.1, 0.15) is 6.04 Å². The molecule has 1 aromatic rings. The summed E-state index contributed by atoms with van der Waals surface area (Å²) in [6, 6.07) is 7.40. The normalized spacial score (nSPS) is 28.0. The van der Waals surface area contributed by atoms with E-state index in [-0.39, 0.29) is 24.0 Å². The van der Waals surface area contributed by atoms with Crippen molar-refractivity contribution in [3.8, 4) is 0 Å². The maximum atomic E-state index is 12.5. The van der Waals surface area contributed by atoms with E-state index >= 15 is 0 Å². The fourth-order valence-electron chi connectivity index (χ4n) is 3.82. The van der Waals surface area contributed by atoms with Gasteiger partial charge in [0, 0.05) is 30.3 Å². The van der Waals surface area contributed by atoms with E-state index in [9.17, 15) is 9.59 Å². The number of anilines is 1. The van der Waals surface area contributed by atoms with Crippen LogP contribution in [-0.2, 0) is 4.79 Å². The Morgan fingerprint density at radius 1 is 1.05 bits per heavy atom. The van der Waals surface area contributed by atoms with E-state index in [4.69, 9.17) is 11.6 Å². The predicted molar refractivity (Wildman–Crippen MR) is 84.0 cm³/mol. The maximum Gasteiger partial charge on any atom is 0.327 e. The van der Waals surface area contributed by atoms with Crippen molar-refractivity contribution in [2.75, 3.05) is 24.5 Å². The molecule has 0 radical (unpaired) electrons. The molecule has 0 aliphatic carbocycles. The Morgan fingerprint density at radius 2 is 1.82 bits per heavy atom. The largest absolute Gasteiger partial charge is 0.369 e. The second-order valence-corrected chi connectivity index (χ2v) is 6.64. The zero-order chi connectivity index (χ0) is 15.3. The second-order valence-electron chi connectivity index (χ2n) is 6.21. The molecule has 116 valence electrons. The lowest BCUT2D eigenvalue weighted by molar-refractivity contribution is -0.129. The molecular weight excluding hydrogens is 302 g/mol. The smallest absolute Gasteiger partial charge is 0.327 e. The average Bonchev–Trinajstić information content (AvgIpc) is 3.20. The molecule has 3 saturated heterocycles. The lowest BCUT2D eigenvalue weighted by Gasteiger charge is -2.24. The third-order valence-electron chi connectivity index (χ3n) is 4.95. The highest BCUT2D eigenvalue weighted by Crippen LogP contribution is 2.32.